The average molecular weight is 430 g/mol. The number of rotatable bonds is 5. The summed E-state index contributed by atoms with van der Waals surface area (Å²) in [6, 6.07) is 6.74. The van der Waals surface area contributed by atoms with Crippen molar-refractivity contribution in [3.63, 3.8) is 0 Å². The van der Waals surface area contributed by atoms with Crippen LogP contribution < -0.4 is 5.32 Å². The molecule has 0 unspecified atom stereocenters. The van der Waals surface area contributed by atoms with E-state index < -0.39 is 5.60 Å². The van der Waals surface area contributed by atoms with E-state index in [1.807, 2.05) is 20.8 Å². The van der Waals surface area contributed by atoms with Gasteiger partial charge in [0.1, 0.15) is 11.6 Å². The molecule has 1 aliphatic carbocycles. The van der Waals surface area contributed by atoms with Crippen molar-refractivity contribution in [2.24, 2.45) is 5.92 Å². The van der Waals surface area contributed by atoms with Gasteiger partial charge in [0.05, 0.1) is 6.54 Å². The van der Waals surface area contributed by atoms with E-state index in [1.165, 1.54) is 11.3 Å². The highest BCUT2D eigenvalue weighted by molar-refractivity contribution is 5.96. The monoisotopic (exact) mass is 429 g/mol. The number of benzene rings is 1. The van der Waals surface area contributed by atoms with Crippen molar-refractivity contribution in [2.45, 2.75) is 70.6 Å². The van der Waals surface area contributed by atoms with Crippen LogP contribution >= 0.6 is 0 Å². The molecule has 7 nitrogen and oxygen atoms in total. The summed E-state index contributed by atoms with van der Waals surface area (Å²) in [5, 5.41) is 2.91. The Hall–Kier alpha value is -2.41. The normalized spacial score (nSPS) is 23.7. The molecule has 2 fully saturated rings. The topological polar surface area (TPSA) is 79.0 Å². The van der Waals surface area contributed by atoms with E-state index in [1.54, 1.807) is 38.4 Å². The van der Waals surface area contributed by atoms with E-state index >= 15 is 0 Å². The zero-order chi connectivity index (χ0) is 22.8. The van der Waals surface area contributed by atoms with E-state index in [0.717, 1.165) is 25.7 Å². The lowest BCUT2D eigenvalue weighted by Crippen LogP contribution is -2.47. The lowest BCUT2D eigenvalue weighted by molar-refractivity contribution is -0.160. The second-order valence-corrected chi connectivity index (χ2v) is 9.89. The van der Waals surface area contributed by atoms with Gasteiger partial charge in [0.25, 0.3) is 5.91 Å². The number of nitrogens with one attached hydrogen (secondary N) is 1. The fourth-order valence-electron chi connectivity index (χ4n) is 4.70. The Bertz CT molecular complexity index is 813. The van der Waals surface area contributed by atoms with Crippen molar-refractivity contribution in [3.8, 4) is 0 Å². The Kier molecular flexibility index (Phi) is 7.04. The Morgan fingerprint density at radius 2 is 1.74 bits per heavy atom. The quantitative estimate of drug-likeness (QED) is 0.727. The molecule has 2 aliphatic rings. The molecule has 0 bridgehead atoms. The van der Waals surface area contributed by atoms with Gasteiger partial charge in [-0.15, -0.1) is 0 Å². The number of carbonyl (C=O) groups is 3. The molecule has 3 rings (SSSR count). The molecule has 1 heterocycles. The first-order chi connectivity index (χ1) is 14.5. The summed E-state index contributed by atoms with van der Waals surface area (Å²) in [5.41, 5.74) is 0.649. The van der Waals surface area contributed by atoms with E-state index in [0.29, 0.717) is 17.2 Å². The van der Waals surface area contributed by atoms with Crippen LogP contribution in [0.2, 0.25) is 0 Å². The summed E-state index contributed by atoms with van der Waals surface area (Å²) in [7, 11) is 3.40. The highest BCUT2D eigenvalue weighted by Gasteiger charge is 2.47. The van der Waals surface area contributed by atoms with Crippen LogP contribution in [-0.2, 0) is 14.3 Å². The van der Waals surface area contributed by atoms with Crippen molar-refractivity contribution >= 4 is 23.5 Å². The van der Waals surface area contributed by atoms with Crippen LogP contribution in [0.15, 0.2) is 24.3 Å². The van der Waals surface area contributed by atoms with E-state index in [4.69, 9.17) is 4.74 Å². The molecule has 170 valence electrons. The van der Waals surface area contributed by atoms with Crippen LogP contribution in [0.3, 0.4) is 0 Å². The number of likely N-dealkylation sites (tertiary alicyclic amines) is 1. The highest BCUT2D eigenvalue weighted by atomic mass is 16.6. The number of anilines is 1. The summed E-state index contributed by atoms with van der Waals surface area (Å²) < 4.78 is 5.66. The summed E-state index contributed by atoms with van der Waals surface area (Å²) >= 11 is 0. The molecule has 1 N–H and O–H groups in total. The highest BCUT2D eigenvalue weighted by Crippen LogP contribution is 2.40. The average Bonchev–Trinajstić information content (AvgIpc) is 3.05. The standard InChI is InChI=1S/C24H35N3O4/c1-24(2,3)31-23(30)20-14-17-8-6-7-9-19(17)27(20)15-21(28)25-18-12-10-16(11-13-18)22(29)26(4)5/h10-13,17,19-20H,6-9,14-15H2,1-5H3,(H,25,28)/t17-,19-,20+/m1/s1. The lowest BCUT2D eigenvalue weighted by atomic mass is 9.85. The van der Waals surface area contributed by atoms with Gasteiger partial charge in [0, 0.05) is 31.4 Å². The number of esters is 1. The summed E-state index contributed by atoms with van der Waals surface area (Å²) in [6.45, 7) is 5.77. The molecular formula is C24H35N3O4. The van der Waals surface area contributed by atoms with Crippen LogP contribution in [0.1, 0.15) is 63.2 Å². The molecule has 2 amide bonds. The number of amides is 2. The number of hydrogen-bond acceptors (Lipinski definition) is 5. The maximum atomic E-state index is 12.9. The third kappa shape index (κ3) is 5.85. The summed E-state index contributed by atoms with van der Waals surface area (Å²) in [6.07, 6.45) is 5.18. The van der Waals surface area contributed by atoms with Crippen LogP contribution in [0, 0.1) is 5.92 Å². The Morgan fingerprint density at radius 3 is 2.35 bits per heavy atom. The molecule has 7 heteroatoms. The van der Waals surface area contributed by atoms with Gasteiger partial charge < -0.3 is 15.0 Å². The molecule has 1 aromatic carbocycles. The molecule has 1 aromatic rings. The first kappa shape index (κ1) is 23.3. The molecule has 1 aliphatic heterocycles. The van der Waals surface area contributed by atoms with Crippen molar-refractivity contribution in [1.82, 2.24) is 9.80 Å². The summed E-state index contributed by atoms with van der Waals surface area (Å²) in [5.74, 6) is -0.0402. The van der Waals surface area contributed by atoms with Gasteiger partial charge in [-0.1, -0.05) is 12.8 Å². The minimum atomic E-state index is -0.551. The van der Waals surface area contributed by atoms with Gasteiger partial charge in [-0.3, -0.25) is 19.3 Å². The molecule has 1 saturated carbocycles. The lowest BCUT2D eigenvalue weighted by Gasteiger charge is -2.33. The number of nitrogens with zero attached hydrogens (tertiary/aromatic N) is 2. The maximum absolute atomic E-state index is 12.9. The molecular weight excluding hydrogens is 394 g/mol. The smallest absolute Gasteiger partial charge is 0.323 e. The zero-order valence-electron chi connectivity index (χ0n) is 19.3. The second-order valence-electron chi connectivity index (χ2n) is 9.89. The number of carbonyl (C=O) groups excluding carboxylic acids is 3. The first-order valence-electron chi connectivity index (χ1n) is 11.2. The number of hydrogen-bond donors (Lipinski definition) is 1. The molecule has 3 atom stereocenters. The van der Waals surface area contributed by atoms with Gasteiger partial charge in [-0.2, -0.15) is 0 Å². The third-order valence-electron chi connectivity index (χ3n) is 6.05. The second kappa shape index (κ2) is 9.39. The van der Waals surface area contributed by atoms with Gasteiger partial charge >= 0.3 is 5.97 Å². The van der Waals surface area contributed by atoms with Crippen molar-refractivity contribution in [2.75, 3.05) is 26.0 Å². The Morgan fingerprint density at radius 1 is 1.10 bits per heavy atom. The number of fused-ring (bicyclic) bond motifs is 1. The molecule has 31 heavy (non-hydrogen) atoms. The third-order valence-corrected chi connectivity index (χ3v) is 6.05. The predicted molar refractivity (Wildman–Crippen MR) is 120 cm³/mol. The van der Waals surface area contributed by atoms with Crippen LogP contribution in [0.4, 0.5) is 5.69 Å². The Balaban J connectivity index is 1.68. The van der Waals surface area contributed by atoms with E-state index in [-0.39, 0.29) is 36.4 Å². The van der Waals surface area contributed by atoms with E-state index in [9.17, 15) is 14.4 Å². The van der Waals surface area contributed by atoms with Crippen molar-refractivity contribution < 1.29 is 19.1 Å². The Labute approximate surface area is 185 Å². The number of ether oxygens (including phenoxy) is 1. The summed E-state index contributed by atoms with van der Waals surface area (Å²) in [4.78, 5) is 41.3. The largest absolute Gasteiger partial charge is 0.459 e. The van der Waals surface area contributed by atoms with Crippen LogP contribution in [-0.4, -0.2) is 65.9 Å². The molecule has 0 radical (unpaired) electrons. The fourth-order valence-corrected chi connectivity index (χ4v) is 4.70. The first-order valence-corrected chi connectivity index (χ1v) is 11.2. The fraction of sp³-hybridized carbons (Fsp3) is 0.625. The molecule has 0 aromatic heterocycles. The van der Waals surface area contributed by atoms with E-state index in [2.05, 4.69) is 10.2 Å². The molecule has 0 spiro atoms. The van der Waals surface area contributed by atoms with Gasteiger partial charge in [0.15, 0.2) is 0 Å². The van der Waals surface area contributed by atoms with Crippen LogP contribution in [0.25, 0.3) is 0 Å². The zero-order valence-corrected chi connectivity index (χ0v) is 19.3. The minimum Gasteiger partial charge on any atom is -0.459 e. The van der Waals surface area contributed by atoms with Gasteiger partial charge in [-0.25, -0.2) is 0 Å². The maximum Gasteiger partial charge on any atom is 0.323 e. The van der Waals surface area contributed by atoms with Crippen molar-refractivity contribution in [3.05, 3.63) is 29.8 Å². The predicted octanol–water partition coefficient (Wildman–Crippen LogP) is 3.30. The van der Waals surface area contributed by atoms with Gasteiger partial charge in [0.2, 0.25) is 5.91 Å². The molecule has 1 saturated heterocycles. The van der Waals surface area contributed by atoms with Crippen molar-refractivity contribution in [1.29, 1.82) is 0 Å². The van der Waals surface area contributed by atoms with Gasteiger partial charge in [-0.05, 0) is 70.2 Å². The van der Waals surface area contributed by atoms with Crippen LogP contribution in [0.5, 0.6) is 0 Å². The minimum absolute atomic E-state index is 0.0847. The SMILES string of the molecule is CN(C)C(=O)c1ccc(NC(=O)CN2[C@@H]3CCCC[C@@H]3C[C@H]2C(=O)OC(C)(C)C)cc1.